The monoisotopic (exact) mass is 405 g/mol. The van der Waals surface area contributed by atoms with Gasteiger partial charge >= 0.3 is 0 Å². The number of carbonyl (C=O) groups excluding carboxylic acids is 2. The molecule has 162 valence electrons. The van der Waals surface area contributed by atoms with Crippen molar-refractivity contribution in [1.29, 1.82) is 0 Å². The van der Waals surface area contributed by atoms with Gasteiger partial charge in [-0.1, -0.05) is 0 Å². The highest BCUT2D eigenvalue weighted by atomic mass is 16.5. The summed E-state index contributed by atoms with van der Waals surface area (Å²) in [5, 5.41) is 7.59. The van der Waals surface area contributed by atoms with Gasteiger partial charge in [-0.05, 0) is 33.6 Å². The molecule has 0 aliphatic carbocycles. The fraction of sp³-hybridized carbons (Fsp3) is 0.762. The molecule has 8 nitrogen and oxygen atoms in total. The number of ether oxygens (including phenoxy) is 1. The zero-order chi connectivity index (χ0) is 20.8. The van der Waals surface area contributed by atoms with Gasteiger partial charge in [0, 0.05) is 63.5 Å². The molecular formula is C21H35N5O3. The molecule has 2 saturated heterocycles. The van der Waals surface area contributed by atoms with Crippen LogP contribution in [-0.2, 0) is 27.4 Å². The number of aromatic nitrogens is 2. The third kappa shape index (κ3) is 5.57. The van der Waals surface area contributed by atoms with Crippen LogP contribution in [0.3, 0.4) is 0 Å². The number of likely N-dealkylation sites (tertiary alicyclic amines) is 1. The first-order chi connectivity index (χ1) is 14.0. The normalized spacial score (nSPS) is 20.9. The van der Waals surface area contributed by atoms with Crippen molar-refractivity contribution in [2.75, 3.05) is 45.9 Å². The molecule has 2 aliphatic rings. The number of morpholine rings is 1. The van der Waals surface area contributed by atoms with E-state index in [0.717, 1.165) is 69.3 Å². The molecule has 3 heterocycles. The van der Waals surface area contributed by atoms with Gasteiger partial charge in [-0.15, -0.1) is 0 Å². The van der Waals surface area contributed by atoms with Crippen molar-refractivity contribution >= 4 is 11.8 Å². The Morgan fingerprint density at radius 1 is 1.24 bits per heavy atom. The molecule has 2 amide bonds. The van der Waals surface area contributed by atoms with E-state index in [9.17, 15) is 9.59 Å². The van der Waals surface area contributed by atoms with Gasteiger partial charge in [0.1, 0.15) is 0 Å². The second kappa shape index (κ2) is 10.2. The number of piperidine rings is 1. The van der Waals surface area contributed by atoms with Crippen LogP contribution in [0.2, 0.25) is 0 Å². The predicted molar refractivity (Wildman–Crippen MR) is 110 cm³/mol. The highest BCUT2D eigenvalue weighted by Crippen LogP contribution is 2.19. The second-order valence-electron chi connectivity index (χ2n) is 8.07. The zero-order valence-corrected chi connectivity index (χ0v) is 18.1. The lowest BCUT2D eigenvalue weighted by Crippen LogP contribution is -2.46. The third-order valence-corrected chi connectivity index (χ3v) is 6.15. The van der Waals surface area contributed by atoms with Crippen LogP contribution in [0.4, 0.5) is 0 Å². The number of rotatable bonds is 8. The molecule has 0 unspecified atom stereocenters. The minimum absolute atomic E-state index is 0.0405. The summed E-state index contributed by atoms with van der Waals surface area (Å²) in [7, 11) is 0. The third-order valence-electron chi connectivity index (χ3n) is 6.15. The number of hydrogen-bond acceptors (Lipinski definition) is 5. The number of hydrogen-bond donors (Lipinski definition) is 1. The number of nitrogens with zero attached hydrogens (tertiary/aromatic N) is 4. The molecule has 0 radical (unpaired) electrons. The van der Waals surface area contributed by atoms with Crippen molar-refractivity contribution in [3.8, 4) is 0 Å². The molecule has 1 N–H and O–H groups in total. The van der Waals surface area contributed by atoms with Crippen molar-refractivity contribution in [2.45, 2.75) is 53.1 Å². The van der Waals surface area contributed by atoms with E-state index < -0.39 is 0 Å². The van der Waals surface area contributed by atoms with E-state index in [1.165, 1.54) is 0 Å². The minimum atomic E-state index is -0.127. The van der Waals surface area contributed by atoms with E-state index in [1.54, 1.807) is 0 Å². The number of carbonyl (C=O) groups is 2. The molecule has 2 fully saturated rings. The quantitative estimate of drug-likeness (QED) is 0.701. The van der Waals surface area contributed by atoms with Crippen LogP contribution < -0.4 is 5.32 Å². The molecule has 8 heteroatoms. The second-order valence-corrected chi connectivity index (χ2v) is 8.07. The molecule has 29 heavy (non-hydrogen) atoms. The van der Waals surface area contributed by atoms with Gasteiger partial charge in [0.2, 0.25) is 11.8 Å². The first kappa shape index (κ1) is 21.8. The predicted octanol–water partition coefficient (Wildman–Crippen LogP) is 1.10. The van der Waals surface area contributed by atoms with Crippen LogP contribution >= 0.6 is 0 Å². The van der Waals surface area contributed by atoms with Gasteiger partial charge in [0.25, 0.3) is 0 Å². The Balaban J connectivity index is 1.46. The Morgan fingerprint density at radius 2 is 2.00 bits per heavy atom. The van der Waals surface area contributed by atoms with Gasteiger partial charge in [0.15, 0.2) is 0 Å². The van der Waals surface area contributed by atoms with Crippen LogP contribution in [0.15, 0.2) is 0 Å². The fourth-order valence-corrected chi connectivity index (χ4v) is 4.27. The van der Waals surface area contributed by atoms with Gasteiger partial charge in [0.05, 0.1) is 24.8 Å². The summed E-state index contributed by atoms with van der Waals surface area (Å²) < 4.78 is 7.34. The van der Waals surface area contributed by atoms with Crippen molar-refractivity contribution in [3.63, 3.8) is 0 Å². The summed E-state index contributed by atoms with van der Waals surface area (Å²) in [6, 6.07) is 0. The molecule has 2 aliphatic heterocycles. The lowest BCUT2D eigenvalue weighted by atomic mass is 9.96. The molecule has 1 aromatic heterocycles. The maximum Gasteiger partial charge on any atom is 0.225 e. The van der Waals surface area contributed by atoms with Gasteiger partial charge in [-0.25, -0.2) is 0 Å². The summed E-state index contributed by atoms with van der Waals surface area (Å²) in [4.78, 5) is 29.3. The lowest BCUT2D eigenvalue weighted by molar-refractivity contribution is -0.138. The highest BCUT2D eigenvalue weighted by Gasteiger charge is 2.30. The van der Waals surface area contributed by atoms with Gasteiger partial charge < -0.3 is 15.0 Å². The topological polar surface area (TPSA) is 79.7 Å². The molecule has 0 spiro atoms. The molecule has 1 atom stereocenters. The summed E-state index contributed by atoms with van der Waals surface area (Å²) in [6.45, 7) is 13.2. The zero-order valence-electron chi connectivity index (χ0n) is 18.1. The highest BCUT2D eigenvalue weighted by molar-refractivity contribution is 5.83. The molecule has 1 aromatic rings. The Bertz CT molecular complexity index is 711. The minimum Gasteiger partial charge on any atom is -0.379 e. The maximum atomic E-state index is 12.7. The molecule has 0 aromatic carbocycles. The summed E-state index contributed by atoms with van der Waals surface area (Å²) in [5.74, 6) is 0.0867. The smallest absolute Gasteiger partial charge is 0.225 e. The van der Waals surface area contributed by atoms with Gasteiger partial charge in [-0.3, -0.25) is 19.2 Å². The van der Waals surface area contributed by atoms with E-state index in [-0.39, 0.29) is 17.7 Å². The van der Waals surface area contributed by atoms with Gasteiger partial charge in [-0.2, -0.15) is 5.10 Å². The first-order valence-electron chi connectivity index (χ1n) is 10.9. The van der Waals surface area contributed by atoms with Crippen molar-refractivity contribution in [1.82, 2.24) is 24.9 Å². The van der Waals surface area contributed by atoms with E-state index in [0.29, 0.717) is 25.9 Å². The Labute approximate surface area is 173 Å². The van der Waals surface area contributed by atoms with Crippen molar-refractivity contribution < 1.29 is 14.3 Å². The maximum absolute atomic E-state index is 12.7. The van der Waals surface area contributed by atoms with E-state index in [1.807, 2.05) is 23.4 Å². The number of nitrogens with one attached hydrogen (secondary N) is 1. The SMILES string of the molecule is CCn1nc(C)c(CNC(=O)[C@H]2CCC(=O)N(CCCN3CCOCC3)C2)c1C. The molecular weight excluding hydrogens is 370 g/mol. The number of amides is 2. The average Bonchev–Trinajstić information content (AvgIpc) is 3.01. The summed E-state index contributed by atoms with van der Waals surface area (Å²) >= 11 is 0. The van der Waals surface area contributed by atoms with E-state index in [2.05, 4.69) is 22.2 Å². The number of aryl methyl sites for hydroxylation is 2. The molecule has 0 bridgehead atoms. The van der Waals surface area contributed by atoms with Crippen LogP contribution in [-0.4, -0.2) is 77.3 Å². The summed E-state index contributed by atoms with van der Waals surface area (Å²) in [6.07, 6.45) is 2.03. The molecule has 0 saturated carbocycles. The Kier molecular flexibility index (Phi) is 7.66. The van der Waals surface area contributed by atoms with Crippen LogP contribution in [0.1, 0.15) is 43.1 Å². The Morgan fingerprint density at radius 3 is 2.69 bits per heavy atom. The van der Waals surface area contributed by atoms with Crippen molar-refractivity contribution in [2.24, 2.45) is 5.92 Å². The van der Waals surface area contributed by atoms with E-state index >= 15 is 0 Å². The lowest BCUT2D eigenvalue weighted by Gasteiger charge is -2.33. The van der Waals surface area contributed by atoms with Crippen LogP contribution in [0.25, 0.3) is 0 Å². The standard InChI is InChI=1S/C21H35N5O3/c1-4-26-17(3)19(16(2)23-26)14-22-21(28)18-6-7-20(27)25(15-18)9-5-8-24-10-12-29-13-11-24/h18H,4-15H2,1-3H3,(H,22,28)/t18-/m0/s1. The first-order valence-corrected chi connectivity index (χ1v) is 10.9. The summed E-state index contributed by atoms with van der Waals surface area (Å²) in [5.41, 5.74) is 3.16. The van der Waals surface area contributed by atoms with E-state index in [4.69, 9.17) is 4.74 Å². The Hall–Kier alpha value is -1.93. The van der Waals surface area contributed by atoms with Crippen molar-refractivity contribution in [3.05, 3.63) is 17.0 Å². The average molecular weight is 406 g/mol. The fourth-order valence-electron chi connectivity index (χ4n) is 4.27. The largest absolute Gasteiger partial charge is 0.379 e. The van der Waals surface area contributed by atoms with Crippen LogP contribution in [0, 0.1) is 19.8 Å². The van der Waals surface area contributed by atoms with Crippen LogP contribution in [0.5, 0.6) is 0 Å². The molecule has 3 rings (SSSR count).